The lowest BCUT2D eigenvalue weighted by Gasteiger charge is -2.06. The summed E-state index contributed by atoms with van der Waals surface area (Å²) >= 11 is 3.31. The zero-order valence-corrected chi connectivity index (χ0v) is 11.6. The summed E-state index contributed by atoms with van der Waals surface area (Å²) in [6.07, 6.45) is 0.868. The van der Waals surface area contributed by atoms with Crippen molar-refractivity contribution in [1.82, 2.24) is 0 Å². The topological polar surface area (TPSA) is 55.4 Å². The maximum Gasteiger partial charge on any atom is 0.309 e. The van der Waals surface area contributed by atoms with Gasteiger partial charge in [0.1, 0.15) is 0 Å². The molecule has 0 bridgehead atoms. The number of esters is 1. The average Bonchev–Trinajstić information content (AvgIpc) is 3.06. The summed E-state index contributed by atoms with van der Waals surface area (Å²) in [6.45, 7) is 1.77. The first-order valence-electron chi connectivity index (χ1n) is 5.78. The Morgan fingerprint density at radius 3 is 2.56 bits per heavy atom. The molecule has 0 saturated heterocycles. The van der Waals surface area contributed by atoms with Crippen LogP contribution in [0, 0.1) is 11.8 Å². The Morgan fingerprint density at radius 1 is 1.39 bits per heavy atom. The molecule has 0 spiro atoms. The lowest BCUT2D eigenvalue weighted by molar-refractivity contribution is -0.148. The summed E-state index contributed by atoms with van der Waals surface area (Å²) in [4.78, 5) is 22.9. The second kappa shape index (κ2) is 5.52. The maximum absolute atomic E-state index is 11.5. The standard InChI is InChI=1S/C13H14BrNO3/c1-8-6-11(8)13(17)18-7-12(16)15-10-4-2-9(14)3-5-10/h2-5,8,11H,6-7H2,1H3,(H,15,16)/t8-,11+/m1/s1. The van der Waals surface area contributed by atoms with E-state index in [1.807, 2.05) is 19.1 Å². The molecule has 0 heterocycles. The van der Waals surface area contributed by atoms with Gasteiger partial charge in [0.25, 0.3) is 5.91 Å². The highest BCUT2D eigenvalue weighted by molar-refractivity contribution is 9.10. The van der Waals surface area contributed by atoms with Crippen LogP contribution < -0.4 is 5.32 Å². The summed E-state index contributed by atoms with van der Waals surface area (Å²) in [6, 6.07) is 7.19. The Hall–Kier alpha value is -1.36. The highest BCUT2D eigenvalue weighted by Crippen LogP contribution is 2.38. The van der Waals surface area contributed by atoms with Crippen molar-refractivity contribution in [3.63, 3.8) is 0 Å². The highest BCUT2D eigenvalue weighted by atomic mass is 79.9. The smallest absolute Gasteiger partial charge is 0.309 e. The third-order valence-electron chi connectivity index (χ3n) is 2.89. The fourth-order valence-electron chi connectivity index (χ4n) is 1.62. The van der Waals surface area contributed by atoms with Gasteiger partial charge in [-0.15, -0.1) is 0 Å². The molecule has 96 valence electrons. The third kappa shape index (κ3) is 3.57. The monoisotopic (exact) mass is 311 g/mol. The molecule has 1 aromatic carbocycles. The Kier molecular flexibility index (Phi) is 4.01. The molecule has 0 aromatic heterocycles. The molecule has 1 amide bonds. The first kappa shape index (κ1) is 13.1. The molecule has 1 N–H and O–H groups in total. The number of nitrogens with one attached hydrogen (secondary N) is 1. The van der Waals surface area contributed by atoms with Crippen molar-refractivity contribution in [2.45, 2.75) is 13.3 Å². The Bertz CT molecular complexity index is 458. The summed E-state index contributed by atoms with van der Waals surface area (Å²) in [5.74, 6) is -0.204. The summed E-state index contributed by atoms with van der Waals surface area (Å²) in [7, 11) is 0. The minimum Gasteiger partial charge on any atom is -0.455 e. The van der Waals surface area contributed by atoms with E-state index in [1.165, 1.54) is 0 Å². The maximum atomic E-state index is 11.5. The summed E-state index contributed by atoms with van der Waals surface area (Å²) < 4.78 is 5.87. The van der Waals surface area contributed by atoms with Gasteiger partial charge in [-0.05, 0) is 36.6 Å². The van der Waals surface area contributed by atoms with Gasteiger partial charge < -0.3 is 10.1 Å². The van der Waals surface area contributed by atoms with E-state index in [2.05, 4.69) is 21.2 Å². The molecule has 1 fully saturated rings. The van der Waals surface area contributed by atoms with E-state index in [9.17, 15) is 9.59 Å². The van der Waals surface area contributed by atoms with Crippen LogP contribution in [0.3, 0.4) is 0 Å². The molecule has 18 heavy (non-hydrogen) atoms. The van der Waals surface area contributed by atoms with E-state index in [-0.39, 0.29) is 24.4 Å². The Morgan fingerprint density at radius 2 is 2.00 bits per heavy atom. The van der Waals surface area contributed by atoms with Crippen molar-refractivity contribution >= 4 is 33.5 Å². The van der Waals surface area contributed by atoms with Crippen LogP contribution in [0.5, 0.6) is 0 Å². The summed E-state index contributed by atoms with van der Waals surface area (Å²) in [5, 5.41) is 2.66. The Labute approximate surface area is 114 Å². The van der Waals surface area contributed by atoms with E-state index in [1.54, 1.807) is 12.1 Å². The van der Waals surface area contributed by atoms with E-state index in [0.717, 1.165) is 10.9 Å². The minimum absolute atomic E-state index is 0.00881. The lowest BCUT2D eigenvalue weighted by atomic mass is 10.3. The van der Waals surface area contributed by atoms with Crippen LogP contribution in [-0.4, -0.2) is 18.5 Å². The van der Waals surface area contributed by atoms with Gasteiger partial charge in [0.05, 0.1) is 5.92 Å². The zero-order chi connectivity index (χ0) is 13.1. The molecule has 4 nitrogen and oxygen atoms in total. The largest absolute Gasteiger partial charge is 0.455 e. The molecule has 0 radical (unpaired) electrons. The van der Waals surface area contributed by atoms with E-state index >= 15 is 0 Å². The molecular formula is C13H14BrNO3. The SMILES string of the molecule is C[C@@H]1C[C@@H]1C(=O)OCC(=O)Nc1ccc(Br)cc1. The number of hydrogen-bond donors (Lipinski definition) is 1. The predicted octanol–water partition coefficient (Wildman–Crippen LogP) is 2.59. The van der Waals surface area contributed by atoms with E-state index < -0.39 is 0 Å². The average molecular weight is 312 g/mol. The molecule has 1 aromatic rings. The second-order valence-electron chi connectivity index (χ2n) is 4.48. The number of carbonyl (C=O) groups is 2. The van der Waals surface area contributed by atoms with Gasteiger partial charge in [-0.3, -0.25) is 9.59 Å². The highest BCUT2D eigenvalue weighted by Gasteiger charge is 2.40. The fourth-order valence-corrected chi connectivity index (χ4v) is 1.89. The molecule has 1 aliphatic carbocycles. The van der Waals surface area contributed by atoms with Crippen LogP contribution in [0.15, 0.2) is 28.7 Å². The quantitative estimate of drug-likeness (QED) is 0.870. The Balaban J connectivity index is 1.75. The fraction of sp³-hybridized carbons (Fsp3) is 0.385. The van der Waals surface area contributed by atoms with Gasteiger partial charge in [0, 0.05) is 10.2 Å². The number of benzene rings is 1. The number of amides is 1. The van der Waals surface area contributed by atoms with Crippen molar-refractivity contribution in [1.29, 1.82) is 0 Å². The number of hydrogen-bond acceptors (Lipinski definition) is 3. The van der Waals surface area contributed by atoms with E-state index in [4.69, 9.17) is 4.74 Å². The van der Waals surface area contributed by atoms with Gasteiger partial charge in [0.15, 0.2) is 6.61 Å². The van der Waals surface area contributed by atoms with Gasteiger partial charge >= 0.3 is 5.97 Å². The molecule has 0 unspecified atom stereocenters. The minimum atomic E-state index is -0.320. The van der Waals surface area contributed by atoms with E-state index in [0.29, 0.717) is 11.6 Å². The third-order valence-corrected chi connectivity index (χ3v) is 3.41. The molecule has 5 heteroatoms. The molecule has 0 aliphatic heterocycles. The number of carbonyl (C=O) groups excluding carboxylic acids is 2. The van der Waals surface area contributed by atoms with Gasteiger partial charge in [-0.1, -0.05) is 22.9 Å². The summed E-state index contributed by atoms with van der Waals surface area (Å²) in [5.41, 5.74) is 0.680. The van der Waals surface area contributed by atoms with Gasteiger partial charge in [-0.2, -0.15) is 0 Å². The first-order chi connectivity index (χ1) is 8.56. The molecule has 1 saturated carbocycles. The molecule has 2 atom stereocenters. The first-order valence-corrected chi connectivity index (χ1v) is 6.57. The second-order valence-corrected chi connectivity index (χ2v) is 5.40. The molecule has 1 aliphatic rings. The lowest BCUT2D eigenvalue weighted by Crippen LogP contribution is -2.21. The van der Waals surface area contributed by atoms with Crippen molar-refractivity contribution in [2.24, 2.45) is 11.8 Å². The number of anilines is 1. The van der Waals surface area contributed by atoms with Crippen LogP contribution in [0.2, 0.25) is 0 Å². The van der Waals surface area contributed by atoms with Crippen molar-refractivity contribution in [2.75, 3.05) is 11.9 Å². The predicted molar refractivity (Wildman–Crippen MR) is 71.0 cm³/mol. The molecular weight excluding hydrogens is 298 g/mol. The van der Waals surface area contributed by atoms with Crippen molar-refractivity contribution in [3.8, 4) is 0 Å². The van der Waals surface area contributed by atoms with Gasteiger partial charge in [-0.25, -0.2) is 0 Å². The van der Waals surface area contributed by atoms with Crippen LogP contribution in [0.4, 0.5) is 5.69 Å². The number of halogens is 1. The number of rotatable bonds is 4. The normalized spacial score (nSPS) is 21.2. The van der Waals surface area contributed by atoms with Crippen molar-refractivity contribution in [3.05, 3.63) is 28.7 Å². The van der Waals surface area contributed by atoms with Crippen LogP contribution in [0.1, 0.15) is 13.3 Å². The molecule has 2 rings (SSSR count). The number of ether oxygens (including phenoxy) is 1. The van der Waals surface area contributed by atoms with Gasteiger partial charge in [0.2, 0.25) is 0 Å². The van der Waals surface area contributed by atoms with Crippen LogP contribution in [-0.2, 0) is 14.3 Å². The van der Waals surface area contributed by atoms with Crippen LogP contribution in [0.25, 0.3) is 0 Å². The van der Waals surface area contributed by atoms with Crippen molar-refractivity contribution < 1.29 is 14.3 Å². The van der Waals surface area contributed by atoms with Crippen LogP contribution >= 0.6 is 15.9 Å². The zero-order valence-electron chi connectivity index (χ0n) is 9.98.